The quantitative estimate of drug-likeness (QED) is 0.818. The molecule has 0 saturated heterocycles. The van der Waals surface area contributed by atoms with Gasteiger partial charge in [0.1, 0.15) is 6.33 Å². The number of nitrogens with one attached hydrogen (secondary N) is 1. The van der Waals surface area contributed by atoms with Gasteiger partial charge in [0, 0.05) is 11.5 Å². The highest BCUT2D eigenvalue weighted by Crippen LogP contribution is 2.32. The highest BCUT2D eigenvalue weighted by molar-refractivity contribution is 7.89. The summed E-state index contributed by atoms with van der Waals surface area (Å²) in [5, 5.41) is 6.68. The van der Waals surface area contributed by atoms with E-state index in [9.17, 15) is 13.2 Å². The fraction of sp³-hybridized carbons (Fsp3) is 0.353. The van der Waals surface area contributed by atoms with Gasteiger partial charge in [0.2, 0.25) is 0 Å². The molecule has 1 saturated carbocycles. The second-order valence-electron chi connectivity index (χ2n) is 5.87. The van der Waals surface area contributed by atoms with E-state index in [1.165, 1.54) is 30.6 Å². The maximum atomic E-state index is 12.6. The Morgan fingerprint density at radius 2 is 1.96 bits per heavy atom. The molecule has 1 aliphatic carbocycles. The Hall–Kier alpha value is -2.66. The molecule has 1 heterocycles. The summed E-state index contributed by atoms with van der Waals surface area (Å²) in [5.41, 5.74) is 0.333. The van der Waals surface area contributed by atoms with E-state index in [1.807, 2.05) is 0 Å². The minimum atomic E-state index is -3.83. The van der Waals surface area contributed by atoms with Crippen LogP contribution in [0.5, 0.6) is 0 Å². The van der Waals surface area contributed by atoms with Crippen molar-refractivity contribution in [3.8, 4) is 12.3 Å². The molecule has 0 atom stereocenters. The van der Waals surface area contributed by atoms with Crippen LogP contribution in [0.2, 0.25) is 0 Å². The van der Waals surface area contributed by atoms with Crippen LogP contribution in [-0.4, -0.2) is 35.0 Å². The Labute approximate surface area is 146 Å². The van der Waals surface area contributed by atoms with Crippen LogP contribution in [-0.2, 0) is 10.0 Å². The van der Waals surface area contributed by atoms with Crippen molar-refractivity contribution in [2.24, 2.45) is 0 Å². The number of carbonyl (C=O) groups is 1. The van der Waals surface area contributed by atoms with Crippen LogP contribution < -0.4 is 5.32 Å². The highest BCUT2D eigenvalue weighted by atomic mass is 32.2. The van der Waals surface area contributed by atoms with E-state index in [0.717, 1.165) is 29.8 Å². The first-order valence-corrected chi connectivity index (χ1v) is 9.45. The van der Waals surface area contributed by atoms with Crippen molar-refractivity contribution in [2.45, 2.75) is 36.5 Å². The molecule has 0 aliphatic heterocycles. The zero-order valence-corrected chi connectivity index (χ0v) is 14.4. The van der Waals surface area contributed by atoms with E-state index in [4.69, 9.17) is 6.42 Å². The maximum Gasteiger partial charge on any atom is 0.284 e. The molecule has 1 aromatic carbocycles. The fourth-order valence-corrected chi connectivity index (χ4v) is 3.93. The first-order chi connectivity index (χ1) is 12.0. The molecule has 0 radical (unpaired) electrons. The molecule has 2 aromatic rings. The Morgan fingerprint density at radius 3 is 2.60 bits per heavy atom. The predicted molar refractivity (Wildman–Crippen MR) is 91.4 cm³/mol. The van der Waals surface area contributed by atoms with Crippen LogP contribution in [0.1, 0.15) is 47.8 Å². The third kappa shape index (κ3) is 3.56. The SMILES string of the molecule is C#CCNC(=O)c1ccc(S(=O)(=O)n2cnc(C3CCCC3)n2)cc1. The standard InChI is InChI=1S/C17H18N4O3S/c1-2-11-18-17(22)14-7-9-15(10-8-14)25(23,24)21-12-19-16(20-21)13-5-3-4-6-13/h1,7-10,12-13H,3-6,11H2,(H,18,22). The lowest BCUT2D eigenvalue weighted by atomic mass is 10.1. The zero-order chi connectivity index (χ0) is 17.9. The average molecular weight is 358 g/mol. The van der Waals surface area contributed by atoms with Crippen molar-refractivity contribution in [3.05, 3.63) is 42.0 Å². The lowest BCUT2D eigenvalue weighted by Crippen LogP contribution is -2.23. The number of terminal acetylenes is 1. The Morgan fingerprint density at radius 1 is 1.28 bits per heavy atom. The minimum absolute atomic E-state index is 0.0453. The topological polar surface area (TPSA) is 94.0 Å². The summed E-state index contributed by atoms with van der Waals surface area (Å²) in [4.78, 5) is 16.0. The number of hydrogen-bond donors (Lipinski definition) is 1. The third-order valence-electron chi connectivity index (χ3n) is 4.22. The summed E-state index contributed by atoms with van der Waals surface area (Å²) in [6.07, 6.45) is 10.5. The third-order valence-corrected chi connectivity index (χ3v) is 5.76. The predicted octanol–water partition coefficient (Wildman–Crippen LogP) is 1.54. The van der Waals surface area contributed by atoms with Crippen LogP contribution in [0.3, 0.4) is 0 Å². The van der Waals surface area contributed by atoms with Gasteiger partial charge in [-0.05, 0) is 37.1 Å². The second-order valence-corrected chi connectivity index (χ2v) is 7.67. The number of amides is 1. The molecule has 1 amide bonds. The number of rotatable bonds is 5. The molecule has 25 heavy (non-hydrogen) atoms. The molecule has 1 N–H and O–H groups in total. The molecular formula is C17H18N4O3S. The van der Waals surface area contributed by atoms with Gasteiger partial charge in [0.05, 0.1) is 11.4 Å². The number of hydrogen-bond acceptors (Lipinski definition) is 5. The van der Waals surface area contributed by atoms with Crippen LogP contribution in [0.15, 0.2) is 35.5 Å². The summed E-state index contributed by atoms with van der Waals surface area (Å²) in [6.45, 7) is 0.113. The Balaban J connectivity index is 1.80. The van der Waals surface area contributed by atoms with E-state index in [-0.39, 0.29) is 23.3 Å². The smallest absolute Gasteiger partial charge is 0.284 e. The molecule has 7 nitrogen and oxygen atoms in total. The number of benzene rings is 1. The monoisotopic (exact) mass is 358 g/mol. The molecule has 1 aromatic heterocycles. The van der Waals surface area contributed by atoms with Crippen molar-refractivity contribution in [1.29, 1.82) is 0 Å². The van der Waals surface area contributed by atoms with E-state index in [1.54, 1.807) is 0 Å². The van der Waals surface area contributed by atoms with Gasteiger partial charge in [-0.25, -0.2) is 4.98 Å². The van der Waals surface area contributed by atoms with Crippen LogP contribution in [0.25, 0.3) is 0 Å². The number of nitrogens with zero attached hydrogens (tertiary/aromatic N) is 3. The van der Waals surface area contributed by atoms with Crippen molar-refractivity contribution < 1.29 is 13.2 Å². The van der Waals surface area contributed by atoms with Crippen molar-refractivity contribution in [1.82, 2.24) is 19.5 Å². The van der Waals surface area contributed by atoms with Gasteiger partial charge >= 0.3 is 0 Å². The molecule has 0 unspecified atom stereocenters. The van der Waals surface area contributed by atoms with Gasteiger partial charge < -0.3 is 5.32 Å². The molecule has 3 rings (SSSR count). The molecule has 0 spiro atoms. The average Bonchev–Trinajstić information content (AvgIpc) is 3.30. The largest absolute Gasteiger partial charge is 0.341 e. The second kappa shape index (κ2) is 7.07. The van der Waals surface area contributed by atoms with E-state index in [2.05, 4.69) is 21.3 Å². The lowest BCUT2D eigenvalue weighted by molar-refractivity contribution is 0.0958. The molecular weight excluding hydrogens is 340 g/mol. The zero-order valence-electron chi connectivity index (χ0n) is 13.6. The number of carbonyl (C=O) groups excluding carboxylic acids is 1. The molecule has 0 bridgehead atoms. The fourth-order valence-electron chi connectivity index (χ4n) is 2.87. The van der Waals surface area contributed by atoms with E-state index >= 15 is 0 Å². The van der Waals surface area contributed by atoms with Gasteiger partial charge in [0.15, 0.2) is 5.82 Å². The summed E-state index contributed by atoms with van der Waals surface area (Å²) >= 11 is 0. The van der Waals surface area contributed by atoms with Gasteiger partial charge in [0.25, 0.3) is 15.9 Å². The van der Waals surface area contributed by atoms with Crippen LogP contribution in [0.4, 0.5) is 0 Å². The Bertz CT molecular complexity index is 904. The molecule has 1 fully saturated rings. The lowest BCUT2D eigenvalue weighted by Gasteiger charge is -2.06. The molecule has 1 aliphatic rings. The van der Waals surface area contributed by atoms with E-state index in [0.29, 0.717) is 11.4 Å². The van der Waals surface area contributed by atoms with Crippen molar-refractivity contribution >= 4 is 15.9 Å². The van der Waals surface area contributed by atoms with Gasteiger partial charge in [-0.3, -0.25) is 4.79 Å². The summed E-state index contributed by atoms with van der Waals surface area (Å²) < 4.78 is 26.2. The summed E-state index contributed by atoms with van der Waals surface area (Å²) in [5.74, 6) is 2.76. The van der Waals surface area contributed by atoms with Gasteiger partial charge in [-0.15, -0.1) is 15.6 Å². The van der Waals surface area contributed by atoms with Gasteiger partial charge in [-0.1, -0.05) is 18.8 Å². The first kappa shape index (κ1) is 17.2. The maximum absolute atomic E-state index is 12.6. The molecule has 130 valence electrons. The molecule has 8 heteroatoms. The van der Waals surface area contributed by atoms with Crippen LogP contribution in [0, 0.1) is 12.3 Å². The van der Waals surface area contributed by atoms with Crippen molar-refractivity contribution in [3.63, 3.8) is 0 Å². The van der Waals surface area contributed by atoms with Crippen LogP contribution >= 0.6 is 0 Å². The first-order valence-electron chi connectivity index (χ1n) is 8.01. The minimum Gasteiger partial charge on any atom is -0.341 e. The normalized spacial score (nSPS) is 15.0. The van der Waals surface area contributed by atoms with Gasteiger partial charge in [-0.2, -0.15) is 8.42 Å². The van der Waals surface area contributed by atoms with Crippen molar-refractivity contribution in [2.75, 3.05) is 6.54 Å². The van der Waals surface area contributed by atoms with E-state index < -0.39 is 10.0 Å². The Kier molecular flexibility index (Phi) is 4.86. The summed E-state index contributed by atoms with van der Waals surface area (Å²) in [7, 11) is -3.83. The summed E-state index contributed by atoms with van der Waals surface area (Å²) in [6, 6.07) is 5.62. The number of aromatic nitrogens is 3. The highest BCUT2D eigenvalue weighted by Gasteiger charge is 2.24.